The van der Waals surface area contributed by atoms with Crippen molar-refractivity contribution in [3.05, 3.63) is 120 Å². The second kappa shape index (κ2) is 19.0. The summed E-state index contributed by atoms with van der Waals surface area (Å²) in [6, 6.07) is 32.8. The van der Waals surface area contributed by atoms with E-state index in [4.69, 9.17) is 0 Å². The number of rotatable bonds is 15. The Morgan fingerprint density at radius 3 is 1.97 bits per heavy atom. The third-order valence-electron chi connectivity index (χ3n) is 12.0. The molecule has 2 fully saturated rings. The second-order valence-corrected chi connectivity index (χ2v) is 15.4. The molecule has 5 aromatic rings. The van der Waals surface area contributed by atoms with E-state index in [2.05, 4.69) is 39.3 Å². The van der Waals surface area contributed by atoms with Crippen molar-refractivity contribution in [1.29, 1.82) is 0 Å². The summed E-state index contributed by atoms with van der Waals surface area (Å²) in [6.45, 7) is 12.2. The van der Waals surface area contributed by atoms with Crippen LogP contribution in [0.2, 0.25) is 0 Å². The van der Waals surface area contributed by atoms with Gasteiger partial charge in [0, 0.05) is 28.8 Å². The van der Waals surface area contributed by atoms with E-state index in [9.17, 15) is 19.2 Å². The van der Waals surface area contributed by atoms with Crippen molar-refractivity contribution >= 4 is 45.9 Å². The summed E-state index contributed by atoms with van der Waals surface area (Å²) in [7, 11) is 0. The first-order valence-electron chi connectivity index (χ1n) is 21.3. The number of hydrogen-bond donors (Lipinski definition) is 3. The van der Waals surface area contributed by atoms with Crippen molar-refractivity contribution in [2.75, 3.05) is 49.5 Å². The van der Waals surface area contributed by atoms with Crippen molar-refractivity contribution in [2.24, 2.45) is 0 Å². The normalized spacial score (nSPS) is 17.7. The van der Waals surface area contributed by atoms with E-state index >= 15 is 0 Å². The minimum Gasteiger partial charge on any atom is -0.355 e. The Labute approximate surface area is 347 Å². The molecular weight excluding hydrogens is 739 g/mol. The van der Waals surface area contributed by atoms with E-state index in [0.717, 1.165) is 65.8 Å². The molecule has 0 spiro atoms. The summed E-state index contributed by atoms with van der Waals surface area (Å²) in [5.41, 5.74) is 5.61. The molecule has 2 saturated heterocycles. The Hall–Kier alpha value is -5.62. The molecule has 4 amide bonds. The van der Waals surface area contributed by atoms with Crippen LogP contribution in [0.3, 0.4) is 0 Å². The van der Waals surface area contributed by atoms with Crippen molar-refractivity contribution < 1.29 is 19.2 Å². The van der Waals surface area contributed by atoms with Gasteiger partial charge in [-0.3, -0.25) is 29.0 Å². The summed E-state index contributed by atoms with van der Waals surface area (Å²) in [5, 5.41) is 7.32. The van der Waals surface area contributed by atoms with Crippen LogP contribution >= 0.6 is 0 Å². The predicted molar refractivity (Wildman–Crippen MR) is 235 cm³/mol. The highest BCUT2D eigenvalue weighted by atomic mass is 16.2. The van der Waals surface area contributed by atoms with Gasteiger partial charge in [-0.2, -0.15) is 0 Å². The van der Waals surface area contributed by atoms with Gasteiger partial charge in [0.25, 0.3) is 11.8 Å². The van der Waals surface area contributed by atoms with Crippen molar-refractivity contribution in [2.45, 2.75) is 77.5 Å². The lowest BCUT2D eigenvalue weighted by Crippen LogP contribution is -2.51. The highest BCUT2D eigenvalue weighted by molar-refractivity contribution is 6.18. The van der Waals surface area contributed by atoms with Gasteiger partial charge in [-0.15, -0.1) is 0 Å². The quantitative estimate of drug-likeness (QED) is 0.100. The van der Waals surface area contributed by atoms with Crippen LogP contribution in [0.25, 0.3) is 22.2 Å². The number of imide groups is 1. The summed E-state index contributed by atoms with van der Waals surface area (Å²) in [4.78, 5) is 67.7. The number of aromatic amines is 1. The van der Waals surface area contributed by atoms with E-state index in [1.165, 1.54) is 4.90 Å². The minimum absolute atomic E-state index is 0.0405. The summed E-state index contributed by atoms with van der Waals surface area (Å²) in [5.74, 6) is -0.735. The van der Waals surface area contributed by atoms with Crippen molar-refractivity contribution in [1.82, 2.24) is 25.0 Å². The van der Waals surface area contributed by atoms with Crippen LogP contribution in [0.1, 0.15) is 76.6 Å². The van der Waals surface area contributed by atoms with Crippen LogP contribution < -0.4 is 15.5 Å². The van der Waals surface area contributed by atoms with E-state index in [1.807, 2.05) is 123 Å². The van der Waals surface area contributed by atoms with Gasteiger partial charge in [0.15, 0.2) is 0 Å². The van der Waals surface area contributed by atoms with E-state index in [-0.39, 0.29) is 23.6 Å². The number of fused-ring (bicyclic) bond motifs is 1. The third-order valence-corrected chi connectivity index (χ3v) is 12.0. The summed E-state index contributed by atoms with van der Waals surface area (Å²) in [6.07, 6.45) is 2.94. The number of likely N-dealkylation sites (tertiary alicyclic amines) is 1. The molecule has 0 saturated carbocycles. The van der Waals surface area contributed by atoms with Gasteiger partial charge in [0.1, 0.15) is 18.1 Å². The number of nitrogens with one attached hydrogen (secondary N) is 3. The fourth-order valence-corrected chi connectivity index (χ4v) is 8.85. The Kier molecular flexibility index (Phi) is 13.4. The number of likely N-dealkylation sites (N-methyl/N-ethyl adjacent to an activating group) is 2. The van der Waals surface area contributed by atoms with Gasteiger partial charge in [0.2, 0.25) is 11.8 Å². The maximum atomic E-state index is 14.6. The zero-order chi connectivity index (χ0) is 41.5. The SMILES string of the molecule is CCN(CC)[C@@H](C(=O)N(C(=O)[C@@H]1CCCN1)c1ccc(-c2cc3cc(NC(=O)[C@@H]4CCCN4C(=O)[C@@H](c4ccccc4)N(CC)CC)ccc3[nH]2)cc1)c1ccccc1. The number of carbonyl (C=O) groups excluding carboxylic acids is 4. The first-order chi connectivity index (χ1) is 28.8. The maximum Gasteiger partial charge on any atom is 0.255 e. The molecule has 2 aliphatic rings. The molecule has 2 aliphatic heterocycles. The molecule has 11 heteroatoms. The standard InChI is InChI=1S/C48H57N7O4/c1-5-52(6-2)43(34-17-11-9-12-18-34)47(58)54-30-16-22-42(54)45(56)50-37-25-28-39-36(31-37)32-41(51-39)33-23-26-38(27-24-33)55(46(57)40-21-15-29-49-40)48(59)44(53(7-3)8-4)35-19-13-10-14-20-35/h9-14,17-20,23-28,31-32,40,42-44,49,51H,5-8,15-16,21-22,29-30H2,1-4H3,(H,50,56)/t40-,42-,43+,44+/m0/s1. The average molecular weight is 796 g/mol. The van der Waals surface area contributed by atoms with Crippen LogP contribution in [-0.4, -0.2) is 94.7 Å². The fourth-order valence-electron chi connectivity index (χ4n) is 8.85. The maximum absolute atomic E-state index is 14.6. The topological polar surface area (TPSA) is 121 Å². The minimum atomic E-state index is -0.615. The Bertz CT molecular complexity index is 2210. The lowest BCUT2D eigenvalue weighted by molar-refractivity contribution is -0.141. The molecule has 7 rings (SSSR count). The number of benzene rings is 4. The fraction of sp³-hybridized carbons (Fsp3) is 0.375. The van der Waals surface area contributed by atoms with Crippen LogP contribution in [0.15, 0.2) is 109 Å². The van der Waals surface area contributed by atoms with Gasteiger partial charge in [-0.25, -0.2) is 4.90 Å². The molecular formula is C48H57N7O4. The van der Waals surface area contributed by atoms with Gasteiger partial charge < -0.3 is 20.5 Å². The summed E-state index contributed by atoms with van der Waals surface area (Å²) >= 11 is 0. The smallest absolute Gasteiger partial charge is 0.255 e. The van der Waals surface area contributed by atoms with Crippen LogP contribution in [-0.2, 0) is 19.2 Å². The van der Waals surface area contributed by atoms with Crippen molar-refractivity contribution in [3.8, 4) is 11.3 Å². The number of anilines is 2. The van der Waals surface area contributed by atoms with Crippen molar-refractivity contribution in [3.63, 3.8) is 0 Å². The lowest BCUT2D eigenvalue weighted by Gasteiger charge is -2.34. The van der Waals surface area contributed by atoms with Crippen LogP contribution in [0.5, 0.6) is 0 Å². The Balaban J connectivity index is 1.10. The number of carbonyl (C=O) groups is 4. The molecule has 59 heavy (non-hydrogen) atoms. The Morgan fingerprint density at radius 1 is 0.729 bits per heavy atom. The summed E-state index contributed by atoms with van der Waals surface area (Å²) < 4.78 is 0. The first kappa shape index (κ1) is 41.5. The molecule has 3 N–H and O–H groups in total. The highest BCUT2D eigenvalue weighted by Gasteiger charge is 2.40. The van der Waals surface area contributed by atoms with E-state index in [0.29, 0.717) is 43.9 Å². The molecule has 0 aliphatic carbocycles. The van der Waals surface area contributed by atoms with Gasteiger partial charge in [-0.1, -0.05) is 100 Å². The molecule has 0 unspecified atom stereocenters. The zero-order valence-electron chi connectivity index (χ0n) is 34.7. The largest absolute Gasteiger partial charge is 0.355 e. The Morgan fingerprint density at radius 2 is 1.36 bits per heavy atom. The van der Waals surface area contributed by atoms with Gasteiger partial charge in [0.05, 0.1) is 11.7 Å². The third kappa shape index (κ3) is 8.88. The predicted octanol–water partition coefficient (Wildman–Crippen LogP) is 7.54. The number of H-pyrrole nitrogens is 1. The number of amides is 4. The molecule has 4 aromatic carbocycles. The first-order valence-corrected chi connectivity index (χ1v) is 21.3. The zero-order valence-corrected chi connectivity index (χ0v) is 34.7. The molecule has 3 heterocycles. The molecule has 308 valence electrons. The monoisotopic (exact) mass is 795 g/mol. The van der Waals surface area contributed by atoms with Gasteiger partial charge in [-0.05, 0) is 111 Å². The molecule has 11 nitrogen and oxygen atoms in total. The van der Waals surface area contributed by atoms with Crippen LogP contribution in [0, 0.1) is 0 Å². The van der Waals surface area contributed by atoms with Crippen LogP contribution in [0.4, 0.5) is 11.4 Å². The van der Waals surface area contributed by atoms with E-state index in [1.54, 1.807) is 4.90 Å². The molecule has 1 aromatic heterocycles. The molecule has 0 radical (unpaired) electrons. The lowest BCUT2D eigenvalue weighted by atomic mass is 10.0. The number of nitrogens with zero attached hydrogens (tertiary/aromatic N) is 4. The van der Waals surface area contributed by atoms with E-state index < -0.39 is 24.2 Å². The number of hydrogen-bond acceptors (Lipinski definition) is 7. The number of aromatic nitrogens is 1. The molecule has 4 atom stereocenters. The second-order valence-electron chi connectivity index (χ2n) is 15.4. The van der Waals surface area contributed by atoms with Gasteiger partial charge >= 0.3 is 0 Å². The highest BCUT2D eigenvalue weighted by Crippen LogP contribution is 2.33. The molecule has 0 bridgehead atoms. The average Bonchev–Trinajstić information content (AvgIpc) is 4.08.